The predicted octanol–water partition coefficient (Wildman–Crippen LogP) is 1.31. The van der Waals surface area contributed by atoms with E-state index in [1.807, 2.05) is 17.9 Å². The number of fused-ring (bicyclic) bond motifs is 4. The molecule has 0 saturated carbocycles. The van der Waals surface area contributed by atoms with E-state index in [0.29, 0.717) is 12.1 Å². The molecular formula is C18H24N6O. The highest BCUT2D eigenvalue weighted by atomic mass is 16.5. The van der Waals surface area contributed by atoms with Crippen molar-refractivity contribution in [2.24, 2.45) is 7.05 Å². The number of ether oxygens (including phenoxy) is 1. The van der Waals surface area contributed by atoms with Gasteiger partial charge in [-0.1, -0.05) is 0 Å². The van der Waals surface area contributed by atoms with Crippen LogP contribution < -0.4 is 4.90 Å². The van der Waals surface area contributed by atoms with Crippen molar-refractivity contribution in [3.8, 4) is 0 Å². The van der Waals surface area contributed by atoms with Gasteiger partial charge in [0.25, 0.3) is 0 Å². The van der Waals surface area contributed by atoms with E-state index in [2.05, 4.69) is 27.3 Å². The summed E-state index contributed by atoms with van der Waals surface area (Å²) in [5, 5.41) is 4.31. The Morgan fingerprint density at radius 2 is 2.08 bits per heavy atom. The van der Waals surface area contributed by atoms with Crippen molar-refractivity contribution < 1.29 is 4.74 Å². The van der Waals surface area contributed by atoms with Gasteiger partial charge in [-0.15, -0.1) is 0 Å². The molecule has 2 bridgehead atoms. The van der Waals surface area contributed by atoms with Gasteiger partial charge in [-0.2, -0.15) is 5.10 Å². The molecule has 0 amide bonds. The van der Waals surface area contributed by atoms with E-state index in [1.165, 1.54) is 29.7 Å². The van der Waals surface area contributed by atoms with E-state index in [0.717, 1.165) is 45.2 Å². The molecule has 0 aliphatic carbocycles. The fourth-order valence-corrected chi connectivity index (χ4v) is 4.49. The summed E-state index contributed by atoms with van der Waals surface area (Å²) in [5.74, 6) is 0.877. The lowest BCUT2D eigenvalue weighted by Gasteiger charge is -2.36. The maximum Gasteiger partial charge on any atom is 0.225 e. The molecular weight excluding hydrogens is 316 g/mol. The second kappa shape index (κ2) is 6.07. The third-order valence-electron chi connectivity index (χ3n) is 5.74. The molecule has 5 rings (SSSR count). The number of hydrogen-bond acceptors (Lipinski definition) is 6. The number of morpholine rings is 1. The number of hydrogen-bond donors (Lipinski definition) is 0. The summed E-state index contributed by atoms with van der Waals surface area (Å²) in [6, 6.07) is 1.04. The summed E-state index contributed by atoms with van der Waals surface area (Å²) in [4.78, 5) is 14.5. The van der Waals surface area contributed by atoms with Crippen molar-refractivity contribution in [2.45, 2.75) is 37.9 Å². The van der Waals surface area contributed by atoms with Crippen molar-refractivity contribution in [2.75, 3.05) is 31.2 Å². The maximum atomic E-state index is 5.44. The van der Waals surface area contributed by atoms with Crippen LogP contribution in [0.1, 0.15) is 35.7 Å². The summed E-state index contributed by atoms with van der Waals surface area (Å²) in [5.41, 5.74) is 3.87. The van der Waals surface area contributed by atoms with Crippen LogP contribution in [0.25, 0.3) is 0 Å². The van der Waals surface area contributed by atoms with Gasteiger partial charge in [0.1, 0.15) is 0 Å². The van der Waals surface area contributed by atoms with Gasteiger partial charge in [-0.05, 0) is 12.8 Å². The van der Waals surface area contributed by atoms with Crippen LogP contribution in [0, 0.1) is 0 Å². The Morgan fingerprint density at radius 3 is 2.88 bits per heavy atom. The fourth-order valence-electron chi connectivity index (χ4n) is 4.49. The molecule has 0 aromatic carbocycles. The Kier molecular flexibility index (Phi) is 3.71. The summed E-state index contributed by atoms with van der Waals surface area (Å²) in [6.45, 7) is 4.28. The molecule has 2 aromatic rings. The lowest BCUT2D eigenvalue weighted by atomic mass is 9.99. The minimum atomic E-state index is 0.452. The van der Waals surface area contributed by atoms with Gasteiger partial charge in [0.05, 0.1) is 25.1 Å². The summed E-state index contributed by atoms with van der Waals surface area (Å²) in [6.07, 6.45) is 9.66. The van der Waals surface area contributed by atoms with E-state index < -0.39 is 0 Å². The molecule has 25 heavy (non-hydrogen) atoms. The number of anilines is 1. The number of rotatable bonds is 3. The Bertz CT molecular complexity index is 769. The van der Waals surface area contributed by atoms with E-state index >= 15 is 0 Å². The Hall–Kier alpha value is -1.99. The monoisotopic (exact) mass is 340 g/mol. The van der Waals surface area contributed by atoms with Gasteiger partial charge in [-0.25, -0.2) is 9.97 Å². The first-order valence-electron chi connectivity index (χ1n) is 9.20. The molecule has 0 unspecified atom stereocenters. The second-order valence-corrected chi connectivity index (χ2v) is 7.32. The van der Waals surface area contributed by atoms with Crippen LogP contribution in [0.3, 0.4) is 0 Å². The maximum absolute atomic E-state index is 5.44. The summed E-state index contributed by atoms with van der Waals surface area (Å²) in [7, 11) is 1.98. The molecule has 3 aliphatic rings. The van der Waals surface area contributed by atoms with Crippen LogP contribution in [-0.2, 0) is 24.8 Å². The zero-order chi connectivity index (χ0) is 16.8. The van der Waals surface area contributed by atoms with Crippen molar-refractivity contribution in [1.29, 1.82) is 0 Å². The topological polar surface area (TPSA) is 59.3 Å². The van der Waals surface area contributed by atoms with E-state index in [4.69, 9.17) is 14.7 Å². The van der Waals surface area contributed by atoms with E-state index in [9.17, 15) is 0 Å². The molecule has 7 nitrogen and oxygen atoms in total. The van der Waals surface area contributed by atoms with E-state index in [-0.39, 0.29) is 0 Å². The first-order chi connectivity index (χ1) is 12.3. The third-order valence-corrected chi connectivity index (χ3v) is 5.74. The first-order valence-corrected chi connectivity index (χ1v) is 9.20. The largest absolute Gasteiger partial charge is 0.378 e. The molecule has 2 aromatic heterocycles. The standard InChI is InChI=1S/C18H24N6O/c1-22-11-13(9-20-22)12-24-14-2-3-17(24)15-10-19-18(21-16(15)8-14)23-4-6-25-7-5-23/h9-11,14,17H,2-8,12H2,1H3/t14-,17-/m1/s1. The second-order valence-electron chi connectivity index (χ2n) is 7.32. The quantitative estimate of drug-likeness (QED) is 0.840. The Labute approximate surface area is 147 Å². The first kappa shape index (κ1) is 15.3. The van der Waals surface area contributed by atoms with Gasteiger partial charge >= 0.3 is 0 Å². The fraction of sp³-hybridized carbons (Fsp3) is 0.611. The van der Waals surface area contributed by atoms with E-state index in [1.54, 1.807) is 0 Å². The smallest absolute Gasteiger partial charge is 0.225 e. The Balaban J connectivity index is 1.40. The van der Waals surface area contributed by atoms with Crippen LogP contribution in [-0.4, -0.2) is 57.0 Å². The van der Waals surface area contributed by atoms with Crippen molar-refractivity contribution in [3.05, 3.63) is 35.4 Å². The molecule has 7 heteroatoms. The predicted molar refractivity (Wildman–Crippen MR) is 93.3 cm³/mol. The summed E-state index contributed by atoms with van der Waals surface area (Å²) >= 11 is 0. The van der Waals surface area contributed by atoms with Crippen molar-refractivity contribution in [1.82, 2.24) is 24.6 Å². The normalized spacial score (nSPS) is 26.0. The molecule has 2 atom stereocenters. The van der Waals surface area contributed by atoms with Gasteiger partial charge in [0, 0.05) is 68.7 Å². The van der Waals surface area contributed by atoms with Crippen molar-refractivity contribution in [3.63, 3.8) is 0 Å². The van der Waals surface area contributed by atoms with Crippen molar-refractivity contribution >= 4 is 5.95 Å². The highest BCUT2D eigenvalue weighted by molar-refractivity contribution is 5.37. The van der Waals surface area contributed by atoms with Crippen LogP contribution in [0.4, 0.5) is 5.95 Å². The van der Waals surface area contributed by atoms with Crippen LogP contribution in [0.5, 0.6) is 0 Å². The highest BCUT2D eigenvalue weighted by Gasteiger charge is 2.41. The molecule has 2 fully saturated rings. The van der Waals surface area contributed by atoms with Crippen LogP contribution in [0.2, 0.25) is 0 Å². The zero-order valence-corrected chi connectivity index (χ0v) is 14.6. The molecule has 0 radical (unpaired) electrons. The number of aromatic nitrogens is 4. The molecule has 5 heterocycles. The number of nitrogens with zero attached hydrogens (tertiary/aromatic N) is 6. The van der Waals surface area contributed by atoms with Gasteiger partial charge in [0.15, 0.2) is 0 Å². The third kappa shape index (κ3) is 2.71. The molecule has 132 valence electrons. The minimum Gasteiger partial charge on any atom is -0.378 e. The van der Waals surface area contributed by atoms with Gasteiger partial charge in [0.2, 0.25) is 5.95 Å². The lowest BCUT2D eigenvalue weighted by Crippen LogP contribution is -2.40. The number of aryl methyl sites for hydroxylation is 1. The van der Waals surface area contributed by atoms with Gasteiger partial charge < -0.3 is 9.64 Å². The highest BCUT2D eigenvalue weighted by Crippen LogP contribution is 2.43. The molecule has 3 aliphatic heterocycles. The van der Waals surface area contributed by atoms with Crippen LogP contribution >= 0.6 is 0 Å². The molecule has 0 spiro atoms. The zero-order valence-electron chi connectivity index (χ0n) is 14.6. The van der Waals surface area contributed by atoms with Crippen LogP contribution in [0.15, 0.2) is 18.6 Å². The summed E-state index contributed by atoms with van der Waals surface area (Å²) < 4.78 is 7.32. The SMILES string of the molecule is Cn1cc(CN2[C@@H]3CC[C@@H]2c2cnc(N4CCOCC4)nc2C3)cn1. The minimum absolute atomic E-state index is 0.452. The Morgan fingerprint density at radius 1 is 1.20 bits per heavy atom. The average molecular weight is 340 g/mol. The molecule has 0 N–H and O–H groups in total. The van der Waals surface area contributed by atoms with Gasteiger partial charge in [-0.3, -0.25) is 9.58 Å². The molecule has 2 saturated heterocycles. The average Bonchev–Trinajstić information content (AvgIpc) is 3.17. The lowest BCUT2D eigenvalue weighted by molar-refractivity contribution is 0.122.